The van der Waals surface area contributed by atoms with Gasteiger partial charge >= 0.3 is 0 Å². The van der Waals surface area contributed by atoms with Crippen molar-refractivity contribution in [2.75, 3.05) is 7.11 Å². The molecule has 2 unspecified atom stereocenters. The Hall–Kier alpha value is -0.0800. The predicted molar refractivity (Wildman–Crippen MR) is 126 cm³/mol. The molecular weight excluding hydrogens is 380 g/mol. The number of fused-ring (bicyclic) bond motifs is 4. The van der Waals surface area contributed by atoms with Crippen LogP contribution in [0.25, 0.3) is 0 Å². The van der Waals surface area contributed by atoms with E-state index in [0.29, 0.717) is 40.5 Å². The van der Waals surface area contributed by atoms with E-state index in [2.05, 4.69) is 41.5 Å². The van der Waals surface area contributed by atoms with E-state index in [4.69, 9.17) is 9.47 Å². The van der Waals surface area contributed by atoms with Gasteiger partial charge in [-0.1, -0.05) is 41.5 Å². The molecule has 176 valence electrons. The Balaban J connectivity index is 1.24. The van der Waals surface area contributed by atoms with Crippen molar-refractivity contribution in [2.24, 2.45) is 63.6 Å². The maximum atomic E-state index is 6.35. The summed E-state index contributed by atoms with van der Waals surface area (Å²) in [6.45, 7) is 15.1. The molecular formula is C29H48O2. The molecule has 1 spiro atoms. The largest absolute Gasteiger partial charge is 0.381 e. The van der Waals surface area contributed by atoms with Gasteiger partial charge in [0.25, 0.3) is 0 Å². The molecule has 5 aliphatic carbocycles. The van der Waals surface area contributed by atoms with E-state index in [1.54, 1.807) is 0 Å². The molecule has 5 saturated carbocycles. The second-order valence-corrected chi connectivity index (χ2v) is 14.0. The number of hydrogen-bond donors (Lipinski definition) is 0. The van der Waals surface area contributed by atoms with Crippen LogP contribution < -0.4 is 0 Å². The molecule has 0 aromatic carbocycles. The zero-order valence-electron chi connectivity index (χ0n) is 21.3. The quantitative estimate of drug-likeness (QED) is 0.441. The molecule has 6 rings (SSSR count). The second-order valence-electron chi connectivity index (χ2n) is 14.0. The molecule has 13 atom stereocenters. The molecule has 0 bridgehead atoms. The zero-order valence-corrected chi connectivity index (χ0v) is 21.3. The lowest BCUT2D eigenvalue weighted by Crippen LogP contribution is -2.57. The van der Waals surface area contributed by atoms with Crippen molar-refractivity contribution in [3.63, 3.8) is 0 Å². The molecule has 6 fully saturated rings. The zero-order chi connectivity index (χ0) is 21.9. The molecule has 0 radical (unpaired) electrons. The lowest BCUT2D eigenvalue weighted by molar-refractivity contribution is -0.161. The number of methoxy groups -OCH3 is 1. The Morgan fingerprint density at radius 2 is 1.68 bits per heavy atom. The second kappa shape index (κ2) is 6.74. The normalized spacial score (nSPS) is 58.8. The Bertz CT molecular complexity index is 732. The minimum absolute atomic E-state index is 0.519. The van der Waals surface area contributed by atoms with Crippen LogP contribution >= 0.6 is 0 Å². The van der Waals surface area contributed by atoms with Crippen LogP contribution in [0, 0.1) is 63.6 Å². The fourth-order valence-electron chi connectivity index (χ4n) is 11.1. The van der Waals surface area contributed by atoms with E-state index >= 15 is 0 Å². The molecule has 1 aliphatic heterocycles. The van der Waals surface area contributed by atoms with Gasteiger partial charge in [-0.05, 0) is 110 Å². The highest BCUT2D eigenvalue weighted by Crippen LogP contribution is 2.82. The molecule has 6 aliphatic rings. The average Bonchev–Trinajstić information content (AvgIpc) is 3.62. The molecule has 0 N–H and O–H groups in total. The Morgan fingerprint density at radius 3 is 2.35 bits per heavy atom. The smallest absolute Gasteiger partial charge is 0.0873 e. The summed E-state index contributed by atoms with van der Waals surface area (Å²) in [5.41, 5.74) is 1.65. The first-order valence-corrected chi connectivity index (χ1v) is 13.9. The molecule has 1 saturated heterocycles. The van der Waals surface area contributed by atoms with Crippen LogP contribution in [0.2, 0.25) is 0 Å². The summed E-state index contributed by atoms with van der Waals surface area (Å²) in [6, 6.07) is 0. The minimum atomic E-state index is 0.519. The highest BCUT2D eigenvalue weighted by atomic mass is 16.6. The van der Waals surface area contributed by atoms with Crippen LogP contribution in [0.3, 0.4) is 0 Å². The standard InChI is InChI=1S/C29H48O2/c1-16(2)17(3)25-26(31-25)18(4)21-8-9-22-20-14-24(30-7)29-15-19(29)10-13-28(29,6)23(20)11-12-27(21,22)5/h16-26H,8-15H2,1-7H3/t17-,18+,19+,20+,21-,22+,23+,24-,25?,26?,27-,28-,29+/m1/s1. The highest BCUT2D eigenvalue weighted by molar-refractivity contribution is 5.26. The maximum absolute atomic E-state index is 6.35. The molecule has 0 amide bonds. The van der Waals surface area contributed by atoms with Gasteiger partial charge in [-0.15, -0.1) is 0 Å². The van der Waals surface area contributed by atoms with Gasteiger partial charge in [-0.3, -0.25) is 0 Å². The number of rotatable bonds is 5. The number of epoxide rings is 1. The third kappa shape index (κ3) is 2.59. The van der Waals surface area contributed by atoms with Crippen LogP contribution in [-0.4, -0.2) is 25.4 Å². The van der Waals surface area contributed by atoms with Crippen molar-refractivity contribution in [1.29, 1.82) is 0 Å². The summed E-state index contributed by atoms with van der Waals surface area (Å²) in [4.78, 5) is 0. The van der Waals surface area contributed by atoms with Crippen molar-refractivity contribution in [2.45, 2.75) is 111 Å². The summed E-state index contributed by atoms with van der Waals surface area (Å²) in [6.07, 6.45) is 13.2. The van der Waals surface area contributed by atoms with Gasteiger partial charge < -0.3 is 9.47 Å². The Kier molecular flexibility index (Phi) is 4.67. The summed E-state index contributed by atoms with van der Waals surface area (Å²) in [5, 5.41) is 0. The molecule has 0 aromatic rings. The van der Waals surface area contributed by atoms with Crippen LogP contribution in [-0.2, 0) is 9.47 Å². The minimum Gasteiger partial charge on any atom is -0.381 e. The average molecular weight is 429 g/mol. The first-order valence-electron chi connectivity index (χ1n) is 13.9. The van der Waals surface area contributed by atoms with Crippen LogP contribution in [0.4, 0.5) is 0 Å². The number of ether oxygens (including phenoxy) is 2. The Labute approximate surface area is 191 Å². The summed E-state index contributed by atoms with van der Waals surface area (Å²) < 4.78 is 12.7. The fraction of sp³-hybridized carbons (Fsp3) is 1.00. The van der Waals surface area contributed by atoms with Crippen LogP contribution in [0.15, 0.2) is 0 Å². The van der Waals surface area contributed by atoms with Crippen molar-refractivity contribution >= 4 is 0 Å². The van der Waals surface area contributed by atoms with Crippen molar-refractivity contribution in [3.8, 4) is 0 Å². The van der Waals surface area contributed by atoms with Crippen molar-refractivity contribution in [3.05, 3.63) is 0 Å². The van der Waals surface area contributed by atoms with Gasteiger partial charge in [0.05, 0.1) is 18.3 Å². The molecule has 2 nitrogen and oxygen atoms in total. The van der Waals surface area contributed by atoms with E-state index in [1.807, 2.05) is 7.11 Å². The van der Waals surface area contributed by atoms with Crippen LogP contribution in [0.5, 0.6) is 0 Å². The van der Waals surface area contributed by atoms with Gasteiger partial charge in [0, 0.05) is 12.5 Å². The SMILES string of the molecule is CO[C@@H]1C[C@H]2[C@@H]3CC[C@H]([C@H](C)C4OC4[C@H](C)C(C)C)[C@@]3(C)CC[C@@H]2[C@@]2(C)CC[C@H]3C[C@]312. The molecule has 31 heavy (non-hydrogen) atoms. The van der Waals surface area contributed by atoms with Crippen LogP contribution in [0.1, 0.15) is 92.9 Å². The number of hydrogen-bond acceptors (Lipinski definition) is 2. The van der Waals surface area contributed by atoms with Crippen molar-refractivity contribution in [1.82, 2.24) is 0 Å². The molecule has 1 heterocycles. The van der Waals surface area contributed by atoms with E-state index in [0.717, 1.165) is 41.4 Å². The van der Waals surface area contributed by atoms with Gasteiger partial charge in [0.15, 0.2) is 0 Å². The van der Waals surface area contributed by atoms with Gasteiger partial charge in [-0.2, -0.15) is 0 Å². The Morgan fingerprint density at radius 1 is 0.903 bits per heavy atom. The first kappa shape index (κ1) is 21.5. The molecule has 0 aromatic heterocycles. The van der Waals surface area contributed by atoms with E-state index in [-0.39, 0.29) is 0 Å². The third-order valence-corrected chi connectivity index (χ3v) is 13.2. The lowest BCUT2D eigenvalue weighted by Gasteiger charge is -2.61. The predicted octanol–water partition coefficient (Wildman–Crippen LogP) is 6.97. The summed E-state index contributed by atoms with van der Waals surface area (Å²) in [5.74, 6) is 6.77. The van der Waals surface area contributed by atoms with Gasteiger partial charge in [-0.25, -0.2) is 0 Å². The third-order valence-electron chi connectivity index (χ3n) is 13.2. The topological polar surface area (TPSA) is 21.8 Å². The highest BCUT2D eigenvalue weighted by Gasteiger charge is 2.77. The molecule has 2 heteroatoms. The monoisotopic (exact) mass is 428 g/mol. The van der Waals surface area contributed by atoms with Gasteiger partial charge in [0.2, 0.25) is 0 Å². The van der Waals surface area contributed by atoms with E-state index in [1.165, 1.54) is 51.4 Å². The van der Waals surface area contributed by atoms with Gasteiger partial charge in [0.1, 0.15) is 0 Å². The first-order chi connectivity index (χ1) is 14.7. The van der Waals surface area contributed by atoms with E-state index in [9.17, 15) is 0 Å². The summed E-state index contributed by atoms with van der Waals surface area (Å²) in [7, 11) is 2.02. The summed E-state index contributed by atoms with van der Waals surface area (Å²) >= 11 is 0. The maximum Gasteiger partial charge on any atom is 0.0873 e. The lowest BCUT2D eigenvalue weighted by atomic mass is 9.45. The fourth-order valence-corrected chi connectivity index (χ4v) is 11.1. The van der Waals surface area contributed by atoms with Crippen molar-refractivity contribution < 1.29 is 9.47 Å². The van der Waals surface area contributed by atoms with E-state index < -0.39 is 0 Å².